The van der Waals surface area contributed by atoms with Crippen molar-refractivity contribution in [1.29, 1.82) is 0 Å². The molecule has 0 spiro atoms. The Labute approximate surface area is 137 Å². The molecule has 0 bridgehead atoms. The van der Waals surface area contributed by atoms with E-state index in [1.807, 2.05) is 6.92 Å². The van der Waals surface area contributed by atoms with E-state index >= 15 is 0 Å². The van der Waals surface area contributed by atoms with Crippen LogP contribution in [0, 0.1) is 0 Å². The van der Waals surface area contributed by atoms with Gasteiger partial charge < -0.3 is 14.4 Å². The van der Waals surface area contributed by atoms with Gasteiger partial charge in [0.25, 0.3) is 0 Å². The number of amides is 1. The molecule has 0 saturated heterocycles. The zero-order valence-electron chi connectivity index (χ0n) is 14.0. The summed E-state index contributed by atoms with van der Waals surface area (Å²) in [4.78, 5) is 13.1. The van der Waals surface area contributed by atoms with Crippen molar-refractivity contribution in [3.8, 4) is 11.5 Å². The molecule has 0 fully saturated rings. The smallest absolute Gasteiger partial charge is 0.240 e. The predicted octanol–water partition coefficient (Wildman–Crippen LogP) is 1.24. The first-order valence-corrected chi connectivity index (χ1v) is 8.81. The van der Waals surface area contributed by atoms with Crippen molar-refractivity contribution in [3.05, 3.63) is 18.2 Å². The fourth-order valence-corrected chi connectivity index (χ4v) is 3.11. The molecule has 1 rings (SSSR count). The van der Waals surface area contributed by atoms with Crippen LogP contribution < -0.4 is 14.2 Å². The van der Waals surface area contributed by atoms with E-state index in [9.17, 15) is 13.2 Å². The lowest BCUT2D eigenvalue weighted by atomic mass is 10.3. The third-order valence-electron chi connectivity index (χ3n) is 3.28. The molecular formula is C15H24N2O5S. The summed E-state index contributed by atoms with van der Waals surface area (Å²) in [7, 11) is -0.756. The first-order valence-electron chi connectivity index (χ1n) is 7.33. The molecule has 0 aliphatic rings. The molecule has 1 aromatic rings. The lowest BCUT2D eigenvalue weighted by molar-refractivity contribution is -0.128. The Bertz CT molecular complexity index is 631. The largest absolute Gasteiger partial charge is 0.493 e. The molecule has 1 N–H and O–H groups in total. The van der Waals surface area contributed by atoms with Crippen molar-refractivity contribution in [2.24, 2.45) is 0 Å². The Kier molecular flexibility index (Phi) is 7.31. The third-order valence-corrected chi connectivity index (χ3v) is 4.74. The van der Waals surface area contributed by atoms with E-state index in [0.717, 1.165) is 6.42 Å². The van der Waals surface area contributed by atoms with Crippen LogP contribution in [-0.4, -0.2) is 53.1 Å². The number of methoxy groups -OCH3 is 2. The Balaban J connectivity index is 2.78. The minimum Gasteiger partial charge on any atom is -0.493 e. The van der Waals surface area contributed by atoms with E-state index in [4.69, 9.17) is 9.47 Å². The van der Waals surface area contributed by atoms with E-state index in [-0.39, 0.29) is 17.3 Å². The zero-order chi connectivity index (χ0) is 17.5. The molecule has 0 saturated carbocycles. The molecule has 0 aliphatic carbocycles. The van der Waals surface area contributed by atoms with E-state index in [1.54, 1.807) is 4.90 Å². The maximum atomic E-state index is 12.3. The van der Waals surface area contributed by atoms with Crippen molar-refractivity contribution in [3.63, 3.8) is 0 Å². The number of nitrogens with zero attached hydrogens (tertiary/aromatic N) is 1. The maximum absolute atomic E-state index is 12.3. The van der Waals surface area contributed by atoms with Gasteiger partial charge in [-0.3, -0.25) is 4.79 Å². The molecule has 1 aromatic carbocycles. The number of hydrogen-bond acceptors (Lipinski definition) is 5. The van der Waals surface area contributed by atoms with E-state index < -0.39 is 10.0 Å². The molecule has 7 nitrogen and oxygen atoms in total. The minimum atomic E-state index is -3.68. The average Bonchev–Trinajstić information content (AvgIpc) is 2.53. The van der Waals surface area contributed by atoms with Crippen molar-refractivity contribution in [2.45, 2.75) is 25.2 Å². The van der Waals surface area contributed by atoms with Crippen LogP contribution >= 0.6 is 0 Å². The number of ether oxygens (including phenoxy) is 2. The SMILES string of the molecule is CCCN(CCNS(=O)(=O)c1ccc(OC)c(OC)c1)C(C)=O. The number of hydrogen-bond donors (Lipinski definition) is 1. The number of nitrogens with one attached hydrogen (secondary N) is 1. The third kappa shape index (κ3) is 5.40. The Morgan fingerprint density at radius 3 is 2.35 bits per heavy atom. The van der Waals surface area contributed by atoms with Crippen LogP contribution in [0.5, 0.6) is 11.5 Å². The summed E-state index contributed by atoms with van der Waals surface area (Å²) in [6, 6.07) is 4.38. The van der Waals surface area contributed by atoms with Gasteiger partial charge in [-0.15, -0.1) is 0 Å². The van der Waals surface area contributed by atoms with Gasteiger partial charge in [-0.25, -0.2) is 13.1 Å². The Hall–Kier alpha value is -1.80. The second-order valence-corrected chi connectivity index (χ2v) is 6.69. The maximum Gasteiger partial charge on any atom is 0.240 e. The number of benzene rings is 1. The highest BCUT2D eigenvalue weighted by molar-refractivity contribution is 7.89. The summed E-state index contributed by atoms with van der Waals surface area (Å²) in [6.07, 6.45) is 0.821. The minimum absolute atomic E-state index is 0.0721. The number of sulfonamides is 1. The number of carbonyl (C=O) groups is 1. The fourth-order valence-electron chi connectivity index (χ4n) is 2.08. The highest BCUT2D eigenvalue weighted by Gasteiger charge is 2.17. The lowest BCUT2D eigenvalue weighted by Crippen LogP contribution is -2.37. The molecule has 0 atom stereocenters. The zero-order valence-corrected chi connectivity index (χ0v) is 14.8. The summed E-state index contributed by atoms with van der Waals surface area (Å²) in [5.74, 6) is 0.723. The molecule has 0 heterocycles. The van der Waals surface area contributed by atoms with Gasteiger partial charge in [-0.2, -0.15) is 0 Å². The van der Waals surface area contributed by atoms with Gasteiger partial charge in [0.05, 0.1) is 19.1 Å². The second kappa shape index (κ2) is 8.73. The molecule has 130 valence electrons. The van der Waals surface area contributed by atoms with Crippen molar-refractivity contribution in [2.75, 3.05) is 33.9 Å². The lowest BCUT2D eigenvalue weighted by Gasteiger charge is -2.20. The van der Waals surface area contributed by atoms with E-state index in [2.05, 4.69) is 4.72 Å². The van der Waals surface area contributed by atoms with Crippen LogP contribution in [0.25, 0.3) is 0 Å². The van der Waals surface area contributed by atoms with Crippen LogP contribution in [0.15, 0.2) is 23.1 Å². The van der Waals surface area contributed by atoms with Crippen LogP contribution in [0.1, 0.15) is 20.3 Å². The summed E-state index contributed by atoms with van der Waals surface area (Å²) in [6.45, 7) is 4.52. The molecular weight excluding hydrogens is 320 g/mol. The van der Waals surface area contributed by atoms with Gasteiger partial charge in [-0.05, 0) is 18.6 Å². The van der Waals surface area contributed by atoms with E-state index in [1.165, 1.54) is 39.3 Å². The highest BCUT2D eigenvalue weighted by Crippen LogP contribution is 2.29. The van der Waals surface area contributed by atoms with Gasteiger partial charge in [0.15, 0.2) is 11.5 Å². The highest BCUT2D eigenvalue weighted by atomic mass is 32.2. The Morgan fingerprint density at radius 2 is 1.83 bits per heavy atom. The molecule has 0 aliphatic heterocycles. The Morgan fingerprint density at radius 1 is 1.17 bits per heavy atom. The molecule has 0 aromatic heterocycles. The molecule has 8 heteroatoms. The van der Waals surface area contributed by atoms with Crippen molar-refractivity contribution >= 4 is 15.9 Å². The molecule has 1 amide bonds. The summed E-state index contributed by atoms with van der Waals surface area (Å²) >= 11 is 0. The van der Waals surface area contributed by atoms with Crippen LogP contribution in [0.4, 0.5) is 0 Å². The summed E-state index contributed by atoms with van der Waals surface area (Å²) in [5, 5.41) is 0. The molecule has 0 unspecified atom stereocenters. The quantitative estimate of drug-likeness (QED) is 0.728. The number of rotatable bonds is 9. The molecule has 23 heavy (non-hydrogen) atoms. The monoisotopic (exact) mass is 344 g/mol. The van der Waals surface area contributed by atoms with Crippen LogP contribution in [-0.2, 0) is 14.8 Å². The van der Waals surface area contributed by atoms with Gasteiger partial charge >= 0.3 is 0 Å². The van der Waals surface area contributed by atoms with Gasteiger partial charge in [0.2, 0.25) is 15.9 Å². The van der Waals surface area contributed by atoms with E-state index in [0.29, 0.717) is 24.6 Å². The number of carbonyl (C=O) groups excluding carboxylic acids is 1. The second-order valence-electron chi connectivity index (χ2n) is 4.92. The summed E-state index contributed by atoms with van der Waals surface area (Å²) in [5.41, 5.74) is 0. The van der Waals surface area contributed by atoms with Crippen molar-refractivity contribution in [1.82, 2.24) is 9.62 Å². The summed E-state index contributed by atoms with van der Waals surface area (Å²) < 4.78 is 37.3. The van der Waals surface area contributed by atoms with Crippen LogP contribution in [0.3, 0.4) is 0 Å². The average molecular weight is 344 g/mol. The van der Waals surface area contributed by atoms with Gasteiger partial charge in [0, 0.05) is 32.6 Å². The van der Waals surface area contributed by atoms with Gasteiger partial charge in [0.1, 0.15) is 0 Å². The first kappa shape index (κ1) is 19.2. The predicted molar refractivity (Wildman–Crippen MR) is 87.3 cm³/mol. The standard InChI is InChI=1S/C15H24N2O5S/c1-5-9-17(12(2)18)10-8-16-23(19,20)13-6-7-14(21-3)15(11-13)22-4/h6-7,11,16H,5,8-10H2,1-4H3. The van der Waals surface area contributed by atoms with Crippen molar-refractivity contribution < 1.29 is 22.7 Å². The topological polar surface area (TPSA) is 84.9 Å². The van der Waals surface area contributed by atoms with Gasteiger partial charge in [-0.1, -0.05) is 6.92 Å². The normalized spacial score (nSPS) is 11.1. The van der Waals surface area contributed by atoms with Crippen LogP contribution in [0.2, 0.25) is 0 Å². The molecule has 0 radical (unpaired) electrons. The first-order chi connectivity index (χ1) is 10.9. The fraction of sp³-hybridized carbons (Fsp3) is 0.533.